The summed E-state index contributed by atoms with van der Waals surface area (Å²) in [5.74, 6) is 0. The number of anilines is 1. The Kier molecular flexibility index (Phi) is 5.61. The molecule has 0 aliphatic carbocycles. The van der Waals surface area contributed by atoms with Crippen molar-refractivity contribution < 1.29 is 13.5 Å². The molecule has 0 fully saturated rings. The van der Waals surface area contributed by atoms with Crippen LogP contribution < -0.4 is 10.5 Å². The zero-order valence-electron chi connectivity index (χ0n) is 11.0. The molecule has 0 aliphatic heterocycles. The standard InChI is InChI=1S/C12H19ClN2O3S/c1-8-6-10(7-11(14)12(8)13)19(17,18)15-9(2)4-3-5-16/h6-7,9,15-16H,3-5,14H2,1-2H3. The second-order valence-electron chi connectivity index (χ2n) is 4.53. The third kappa shape index (κ3) is 4.35. The lowest BCUT2D eigenvalue weighted by Crippen LogP contribution is -2.32. The van der Waals surface area contributed by atoms with Crippen molar-refractivity contribution in [2.45, 2.75) is 37.6 Å². The normalized spacial score (nSPS) is 13.5. The lowest BCUT2D eigenvalue weighted by atomic mass is 10.2. The number of aryl methyl sites for hydroxylation is 1. The van der Waals surface area contributed by atoms with Gasteiger partial charge in [0.15, 0.2) is 0 Å². The summed E-state index contributed by atoms with van der Waals surface area (Å²) in [6.45, 7) is 3.49. The number of sulfonamides is 1. The first kappa shape index (κ1) is 16.2. The van der Waals surface area contributed by atoms with Crippen molar-refractivity contribution in [2.24, 2.45) is 0 Å². The van der Waals surface area contributed by atoms with Crippen molar-refractivity contribution in [1.29, 1.82) is 0 Å². The third-order valence-electron chi connectivity index (χ3n) is 2.72. The largest absolute Gasteiger partial charge is 0.397 e. The maximum Gasteiger partial charge on any atom is 0.240 e. The van der Waals surface area contributed by atoms with Crippen LogP contribution in [0.25, 0.3) is 0 Å². The number of aliphatic hydroxyl groups excluding tert-OH is 1. The second-order valence-corrected chi connectivity index (χ2v) is 6.62. The Labute approximate surface area is 118 Å². The van der Waals surface area contributed by atoms with E-state index < -0.39 is 10.0 Å². The number of nitrogen functional groups attached to an aromatic ring is 1. The molecule has 0 saturated carbocycles. The van der Waals surface area contributed by atoms with E-state index in [1.165, 1.54) is 12.1 Å². The quantitative estimate of drug-likeness (QED) is 0.697. The van der Waals surface area contributed by atoms with E-state index in [2.05, 4.69) is 4.72 Å². The molecule has 0 bridgehead atoms. The first-order valence-corrected chi connectivity index (χ1v) is 7.83. The predicted molar refractivity (Wildman–Crippen MR) is 76.7 cm³/mol. The molecule has 1 aromatic rings. The Morgan fingerprint density at radius 3 is 2.63 bits per heavy atom. The van der Waals surface area contributed by atoms with Crippen molar-refractivity contribution in [3.8, 4) is 0 Å². The van der Waals surface area contributed by atoms with Crippen molar-refractivity contribution in [3.63, 3.8) is 0 Å². The van der Waals surface area contributed by atoms with Gasteiger partial charge in [0.2, 0.25) is 10.0 Å². The average Bonchev–Trinajstić information content (AvgIpc) is 2.32. The van der Waals surface area contributed by atoms with Gasteiger partial charge in [-0.15, -0.1) is 0 Å². The van der Waals surface area contributed by atoms with Crippen LogP contribution in [-0.4, -0.2) is 26.2 Å². The van der Waals surface area contributed by atoms with Gasteiger partial charge < -0.3 is 10.8 Å². The fourth-order valence-corrected chi connectivity index (χ4v) is 3.21. The van der Waals surface area contributed by atoms with E-state index in [0.717, 1.165) is 0 Å². The fraction of sp³-hybridized carbons (Fsp3) is 0.500. The summed E-state index contributed by atoms with van der Waals surface area (Å²) in [5, 5.41) is 9.09. The second kappa shape index (κ2) is 6.56. The van der Waals surface area contributed by atoms with E-state index in [-0.39, 0.29) is 23.2 Å². The molecular weight excluding hydrogens is 288 g/mol. The third-order valence-corrected chi connectivity index (χ3v) is 4.80. The molecule has 19 heavy (non-hydrogen) atoms. The zero-order valence-corrected chi connectivity index (χ0v) is 12.6. The minimum Gasteiger partial charge on any atom is -0.397 e. The lowest BCUT2D eigenvalue weighted by molar-refractivity contribution is 0.279. The number of benzene rings is 1. The van der Waals surface area contributed by atoms with Crippen molar-refractivity contribution in [2.75, 3.05) is 12.3 Å². The number of hydrogen-bond acceptors (Lipinski definition) is 4. The van der Waals surface area contributed by atoms with Crippen LogP contribution in [0, 0.1) is 6.92 Å². The van der Waals surface area contributed by atoms with Gasteiger partial charge in [-0.05, 0) is 44.4 Å². The molecule has 7 heteroatoms. The maximum absolute atomic E-state index is 12.1. The predicted octanol–water partition coefficient (Wildman–Crippen LogP) is 1.67. The molecule has 0 spiro atoms. The molecule has 1 atom stereocenters. The van der Waals surface area contributed by atoms with E-state index >= 15 is 0 Å². The van der Waals surface area contributed by atoms with Gasteiger partial charge in [-0.2, -0.15) is 0 Å². The Balaban J connectivity index is 2.95. The van der Waals surface area contributed by atoms with Crippen LogP contribution in [0.1, 0.15) is 25.3 Å². The zero-order chi connectivity index (χ0) is 14.6. The number of halogens is 1. The lowest BCUT2D eigenvalue weighted by Gasteiger charge is -2.15. The molecule has 4 N–H and O–H groups in total. The van der Waals surface area contributed by atoms with Crippen LogP contribution in [0.3, 0.4) is 0 Å². The maximum atomic E-state index is 12.1. The highest BCUT2D eigenvalue weighted by atomic mass is 35.5. The molecule has 0 aliphatic rings. The smallest absolute Gasteiger partial charge is 0.240 e. The van der Waals surface area contributed by atoms with Crippen LogP contribution in [0.15, 0.2) is 17.0 Å². The molecule has 0 amide bonds. The molecule has 0 saturated heterocycles. The summed E-state index contributed by atoms with van der Waals surface area (Å²) in [6.07, 6.45) is 1.11. The van der Waals surface area contributed by atoms with Crippen molar-refractivity contribution >= 4 is 27.3 Å². The van der Waals surface area contributed by atoms with Gasteiger partial charge in [0.25, 0.3) is 0 Å². The summed E-state index contributed by atoms with van der Waals surface area (Å²) in [6, 6.07) is 2.57. The van der Waals surface area contributed by atoms with E-state index in [1.54, 1.807) is 13.8 Å². The van der Waals surface area contributed by atoms with Gasteiger partial charge >= 0.3 is 0 Å². The first-order valence-electron chi connectivity index (χ1n) is 5.96. The molecule has 5 nitrogen and oxygen atoms in total. The highest BCUT2D eigenvalue weighted by Crippen LogP contribution is 2.26. The number of rotatable bonds is 6. The van der Waals surface area contributed by atoms with Crippen molar-refractivity contribution in [1.82, 2.24) is 4.72 Å². The van der Waals surface area contributed by atoms with Crippen LogP contribution in [0.5, 0.6) is 0 Å². The molecule has 1 aromatic carbocycles. The van der Waals surface area contributed by atoms with E-state index in [4.69, 9.17) is 22.4 Å². The Hall–Kier alpha value is -0.820. The highest BCUT2D eigenvalue weighted by molar-refractivity contribution is 7.89. The summed E-state index contributed by atoms with van der Waals surface area (Å²) < 4.78 is 26.8. The van der Waals surface area contributed by atoms with Gasteiger partial charge in [0.05, 0.1) is 15.6 Å². The molecule has 0 aromatic heterocycles. The SMILES string of the molecule is Cc1cc(S(=O)(=O)NC(C)CCCO)cc(N)c1Cl. The highest BCUT2D eigenvalue weighted by Gasteiger charge is 2.19. The molecule has 1 rings (SSSR count). The number of nitrogens with one attached hydrogen (secondary N) is 1. The van der Waals surface area contributed by atoms with Crippen LogP contribution >= 0.6 is 11.6 Å². The van der Waals surface area contributed by atoms with Gasteiger partial charge in [0.1, 0.15) is 0 Å². The Morgan fingerprint density at radius 2 is 2.11 bits per heavy atom. The van der Waals surface area contributed by atoms with Gasteiger partial charge in [-0.3, -0.25) is 0 Å². The van der Waals surface area contributed by atoms with Gasteiger partial charge in [-0.25, -0.2) is 13.1 Å². The number of hydrogen-bond donors (Lipinski definition) is 3. The summed E-state index contributed by atoms with van der Waals surface area (Å²) >= 11 is 5.91. The fourth-order valence-electron chi connectivity index (χ4n) is 1.71. The Morgan fingerprint density at radius 1 is 1.47 bits per heavy atom. The van der Waals surface area contributed by atoms with Crippen molar-refractivity contribution in [3.05, 3.63) is 22.7 Å². The minimum atomic E-state index is -3.62. The molecule has 0 radical (unpaired) electrons. The topological polar surface area (TPSA) is 92.4 Å². The molecule has 0 heterocycles. The van der Waals surface area contributed by atoms with Crippen LogP contribution in [-0.2, 0) is 10.0 Å². The van der Waals surface area contributed by atoms with Gasteiger partial charge in [-0.1, -0.05) is 11.6 Å². The summed E-state index contributed by atoms with van der Waals surface area (Å²) in [7, 11) is -3.62. The van der Waals surface area contributed by atoms with E-state index in [1.807, 2.05) is 0 Å². The Bertz CT molecular complexity index is 523. The van der Waals surface area contributed by atoms with E-state index in [9.17, 15) is 8.42 Å². The van der Waals surface area contributed by atoms with Gasteiger partial charge in [0, 0.05) is 12.6 Å². The number of aliphatic hydroxyl groups is 1. The monoisotopic (exact) mass is 306 g/mol. The minimum absolute atomic E-state index is 0.0407. The number of nitrogens with two attached hydrogens (primary N) is 1. The van der Waals surface area contributed by atoms with Crippen LogP contribution in [0.2, 0.25) is 5.02 Å². The summed E-state index contributed by atoms with van der Waals surface area (Å²) in [5.41, 5.74) is 6.53. The average molecular weight is 307 g/mol. The molecular formula is C12H19ClN2O3S. The van der Waals surface area contributed by atoms with E-state index in [0.29, 0.717) is 23.4 Å². The molecule has 1 unspecified atom stereocenters. The molecule has 108 valence electrons. The van der Waals surface area contributed by atoms with Crippen LogP contribution in [0.4, 0.5) is 5.69 Å². The summed E-state index contributed by atoms with van der Waals surface area (Å²) in [4.78, 5) is 0.0998. The first-order chi connectivity index (χ1) is 8.77.